The van der Waals surface area contributed by atoms with Crippen LogP contribution in [0, 0.1) is 0 Å². The number of imidazole rings is 1. The van der Waals surface area contributed by atoms with E-state index in [1.807, 2.05) is 31.2 Å². The molecule has 5 heteroatoms. The van der Waals surface area contributed by atoms with Gasteiger partial charge in [-0.25, -0.2) is 4.98 Å². The minimum absolute atomic E-state index is 0. The molecule has 1 heterocycles. The van der Waals surface area contributed by atoms with E-state index >= 15 is 0 Å². The molecule has 2 aromatic rings. The summed E-state index contributed by atoms with van der Waals surface area (Å²) in [5, 5.41) is 0.920. The summed E-state index contributed by atoms with van der Waals surface area (Å²) >= 11 is 1.64. The molecule has 17 heavy (non-hydrogen) atoms. The predicted molar refractivity (Wildman–Crippen MR) is 68.2 cm³/mol. The Labute approximate surface area is 111 Å². The third kappa shape index (κ3) is 3.41. The highest BCUT2D eigenvalue weighted by atomic mass is 35.5. The van der Waals surface area contributed by atoms with Gasteiger partial charge in [0.05, 0.1) is 17.6 Å². The first-order chi connectivity index (χ1) is 7.83. The average molecular weight is 270 g/mol. The smallest absolute Gasteiger partial charge is 0.166 e. The Balaban J connectivity index is 0.00000144. The number of aromatic amines is 1. The molecule has 92 valence electrons. The molecular weight excluding hydrogens is 256 g/mol. The molecule has 1 aromatic heterocycles. The number of nitrogens with zero attached hydrogens (tertiary/aromatic N) is 1. The lowest BCUT2D eigenvalue weighted by atomic mass is 10.3. The Hall–Kier alpha value is -1.13. The second-order valence-corrected chi connectivity index (χ2v) is 4.26. The van der Waals surface area contributed by atoms with Gasteiger partial charge in [-0.2, -0.15) is 0 Å². The average Bonchev–Trinajstić information content (AvgIpc) is 2.68. The van der Waals surface area contributed by atoms with Crippen LogP contribution in [0.25, 0.3) is 11.0 Å². The van der Waals surface area contributed by atoms with Crippen molar-refractivity contribution >= 4 is 22.8 Å². The Bertz CT molecular complexity index is 498. The zero-order chi connectivity index (χ0) is 11.4. The van der Waals surface area contributed by atoms with Gasteiger partial charge in [0.1, 0.15) is 5.75 Å². The van der Waals surface area contributed by atoms with Crippen LogP contribution < -0.4 is 17.1 Å². The Morgan fingerprint density at radius 2 is 2.35 bits per heavy atom. The minimum atomic E-state index is 0. The topological polar surface area (TPSA) is 37.9 Å². The highest BCUT2D eigenvalue weighted by Gasteiger charge is 2.03. The van der Waals surface area contributed by atoms with Gasteiger partial charge in [-0.05, 0) is 19.1 Å². The Kier molecular flexibility index (Phi) is 5.38. The number of hydrogen-bond donors (Lipinski definition) is 1. The number of benzene rings is 1. The number of nitrogens with one attached hydrogen (secondary N) is 1. The van der Waals surface area contributed by atoms with Crippen molar-refractivity contribution in [1.82, 2.24) is 9.97 Å². The van der Waals surface area contributed by atoms with E-state index in [9.17, 15) is 0 Å². The molecule has 0 fully saturated rings. The molecule has 0 aliphatic heterocycles. The van der Waals surface area contributed by atoms with Gasteiger partial charge in [-0.15, -0.1) is 6.58 Å². The number of fused-ring (bicyclic) bond motifs is 1. The molecule has 0 aliphatic carbocycles. The monoisotopic (exact) mass is 269 g/mol. The molecule has 0 aliphatic rings. The molecule has 0 spiro atoms. The lowest BCUT2D eigenvalue weighted by molar-refractivity contribution is -0.00000391. The van der Waals surface area contributed by atoms with E-state index in [1.165, 1.54) is 0 Å². The van der Waals surface area contributed by atoms with E-state index in [1.54, 1.807) is 11.8 Å². The van der Waals surface area contributed by atoms with Gasteiger partial charge < -0.3 is 22.1 Å². The molecule has 0 radical (unpaired) electrons. The zero-order valence-corrected chi connectivity index (χ0v) is 11.1. The van der Waals surface area contributed by atoms with E-state index in [0.29, 0.717) is 6.61 Å². The number of rotatable bonds is 5. The van der Waals surface area contributed by atoms with E-state index in [-0.39, 0.29) is 12.4 Å². The second-order valence-electron chi connectivity index (χ2n) is 3.25. The van der Waals surface area contributed by atoms with E-state index in [0.717, 1.165) is 27.7 Å². The first kappa shape index (κ1) is 13.9. The fourth-order valence-corrected chi connectivity index (χ4v) is 2.05. The lowest BCUT2D eigenvalue weighted by Gasteiger charge is -2.00. The van der Waals surface area contributed by atoms with Crippen molar-refractivity contribution in [3.63, 3.8) is 0 Å². The van der Waals surface area contributed by atoms with Crippen LogP contribution in [-0.4, -0.2) is 22.3 Å². The highest BCUT2D eigenvalue weighted by Crippen LogP contribution is 2.23. The van der Waals surface area contributed by atoms with Crippen LogP contribution in [0.3, 0.4) is 0 Å². The van der Waals surface area contributed by atoms with Gasteiger partial charge >= 0.3 is 0 Å². The standard InChI is InChI=1S/C12H14N2OS.ClH/c1-3-7-16-12-13-10-6-5-9(15-4-2)8-11(10)14-12;/h3,5-6,8H,1,4,7H2,2H3,(H,13,14);1H/p-1. The largest absolute Gasteiger partial charge is 1.00 e. The normalized spacial score (nSPS) is 9.94. The number of thioether (sulfide) groups is 1. The van der Waals surface area contributed by atoms with Crippen molar-refractivity contribution in [2.75, 3.05) is 12.4 Å². The van der Waals surface area contributed by atoms with Crippen LogP contribution in [-0.2, 0) is 0 Å². The van der Waals surface area contributed by atoms with Gasteiger partial charge in [-0.1, -0.05) is 17.8 Å². The maximum atomic E-state index is 5.43. The first-order valence-corrected chi connectivity index (χ1v) is 6.18. The third-order valence-electron chi connectivity index (χ3n) is 2.08. The molecule has 1 N–H and O–H groups in total. The van der Waals surface area contributed by atoms with E-state index in [4.69, 9.17) is 4.74 Å². The van der Waals surface area contributed by atoms with Crippen molar-refractivity contribution in [3.05, 3.63) is 30.9 Å². The summed E-state index contributed by atoms with van der Waals surface area (Å²) in [4.78, 5) is 7.71. The van der Waals surface area contributed by atoms with Crippen molar-refractivity contribution in [2.24, 2.45) is 0 Å². The number of H-pyrrole nitrogens is 1. The third-order valence-corrected chi connectivity index (χ3v) is 2.95. The number of aromatic nitrogens is 2. The minimum Gasteiger partial charge on any atom is -1.00 e. The SMILES string of the molecule is C=CCSc1nc2ccc(OCC)cc2[nH]1.[Cl-]. The van der Waals surface area contributed by atoms with Gasteiger partial charge in [0.2, 0.25) is 0 Å². The predicted octanol–water partition coefficient (Wildman–Crippen LogP) is 0.244. The van der Waals surface area contributed by atoms with Crippen LogP contribution in [0.2, 0.25) is 0 Å². The fourth-order valence-electron chi connectivity index (χ4n) is 1.43. The summed E-state index contributed by atoms with van der Waals surface area (Å²) < 4.78 is 5.43. The number of hydrogen-bond acceptors (Lipinski definition) is 3. The summed E-state index contributed by atoms with van der Waals surface area (Å²) in [6, 6.07) is 5.88. The van der Waals surface area contributed by atoms with Gasteiger partial charge in [-0.3, -0.25) is 0 Å². The quantitative estimate of drug-likeness (QED) is 0.624. The number of ether oxygens (including phenoxy) is 1. The van der Waals surface area contributed by atoms with Crippen molar-refractivity contribution in [3.8, 4) is 5.75 Å². The molecule has 1 aromatic carbocycles. The zero-order valence-electron chi connectivity index (χ0n) is 9.57. The van der Waals surface area contributed by atoms with Crippen LogP contribution in [0.1, 0.15) is 6.92 Å². The van der Waals surface area contributed by atoms with Gasteiger partial charge in [0, 0.05) is 11.8 Å². The summed E-state index contributed by atoms with van der Waals surface area (Å²) in [7, 11) is 0. The summed E-state index contributed by atoms with van der Waals surface area (Å²) in [5.41, 5.74) is 1.98. The molecule has 0 amide bonds. The lowest BCUT2D eigenvalue weighted by Crippen LogP contribution is -3.00. The maximum absolute atomic E-state index is 5.43. The summed E-state index contributed by atoms with van der Waals surface area (Å²) in [6.07, 6.45) is 1.86. The maximum Gasteiger partial charge on any atom is 0.166 e. The van der Waals surface area contributed by atoms with Crippen LogP contribution in [0.15, 0.2) is 36.0 Å². The van der Waals surface area contributed by atoms with Crippen molar-refractivity contribution in [2.45, 2.75) is 12.1 Å². The first-order valence-electron chi connectivity index (χ1n) is 5.19. The second kappa shape index (κ2) is 6.57. The van der Waals surface area contributed by atoms with E-state index in [2.05, 4.69) is 16.5 Å². The van der Waals surface area contributed by atoms with Crippen LogP contribution in [0.5, 0.6) is 5.75 Å². The Morgan fingerprint density at radius 1 is 1.53 bits per heavy atom. The summed E-state index contributed by atoms with van der Waals surface area (Å²) in [5.74, 6) is 1.73. The molecular formula is C12H14ClN2OS-. The Morgan fingerprint density at radius 3 is 3.06 bits per heavy atom. The van der Waals surface area contributed by atoms with Crippen molar-refractivity contribution in [1.29, 1.82) is 0 Å². The van der Waals surface area contributed by atoms with Gasteiger partial charge in [0.25, 0.3) is 0 Å². The highest BCUT2D eigenvalue weighted by molar-refractivity contribution is 7.99. The van der Waals surface area contributed by atoms with Crippen LogP contribution in [0.4, 0.5) is 0 Å². The van der Waals surface area contributed by atoms with Gasteiger partial charge in [0.15, 0.2) is 5.16 Å². The molecule has 0 unspecified atom stereocenters. The molecule has 0 saturated carbocycles. The molecule has 3 nitrogen and oxygen atoms in total. The molecule has 2 rings (SSSR count). The number of halogens is 1. The fraction of sp³-hybridized carbons (Fsp3) is 0.250. The summed E-state index contributed by atoms with van der Waals surface area (Å²) in [6.45, 7) is 6.34. The van der Waals surface area contributed by atoms with Crippen LogP contribution >= 0.6 is 11.8 Å². The molecule has 0 saturated heterocycles. The molecule has 0 atom stereocenters. The molecule has 0 bridgehead atoms. The van der Waals surface area contributed by atoms with E-state index < -0.39 is 0 Å². The van der Waals surface area contributed by atoms with Crippen molar-refractivity contribution < 1.29 is 17.1 Å².